The highest BCUT2D eigenvalue weighted by molar-refractivity contribution is 7.22. The number of unbranched alkanes of at least 4 members (excludes halogenated alkanes) is 4. The first-order chi connectivity index (χ1) is 14.5. The highest BCUT2D eigenvalue weighted by Gasteiger charge is 2.16. The topological polar surface area (TPSA) is 60.5 Å². The van der Waals surface area contributed by atoms with Crippen LogP contribution in [0.25, 0.3) is 10.2 Å². The molecule has 0 radical (unpaired) electrons. The zero-order chi connectivity index (χ0) is 21.5. The Bertz CT molecular complexity index is 1000. The van der Waals surface area contributed by atoms with Crippen molar-refractivity contribution < 1.29 is 14.3 Å². The van der Waals surface area contributed by atoms with E-state index in [-0.39, 0.29) is 5.91 Å². The van der Waals surface area contributed by atoms with Crippen LogP contribution in [0.15, 0.2) is 30.3 Å². The van der Waals surface area contributed by atoms with Gasteiger partial charge in [-0.2, -0.15) is 0 Å². The van der Waals surface area contributed by atoms with Crippen LogP contribution in [0.3, 0.4) is 0 Å². The number of halogens is 2. The Morgan fingerprint density at radius 3 is 2.53 bits per heavy atom. The van der Waals surface area contributed by atoms with Crippen LogP contribution in [0.4, 0.5) is 5.13 Å². The van der Waals surface area contributed by atoms with Gasteiger partial charge in [-0.1, -0.05) is 67.1 Å². The van der Waals surface area contributed by atoms with E-state index in [9.17, 15) is 4.79 Å². The number of carbonyl (C=O) groups excluding carboxylic acids is 1. The number of hydrogen-bond acceptors (Lipinski definition) is 5. The van der Waals surface area contributed by atoms with E-state index in [4.69, 9.17) is 32.7 Å². The number of amides is 1. The van der Waals surface area contributed by atoms with Crippen molar-refractivity contribution in [2.75, 3.05) is 19.0 Å². The van der Waals surface area contributed by atoms with Gasteiger partial charge >= 0.3 is 0 Å². The number of fused-ring (bicyclic) bond motifs is 1. The molecule has 0 aliphatic rings. The fourth-order valence-electron chi connectivity index (χ4n) is 2.96. The number of anilines is 1. The lowest BCUT2D eigenvalue weighted by Gasteiger charge is -2.11. The Kier molecular flexibility index (Phi) is 8.19. The monoisotopic (exact) mass is 466 g/mol. The van der Waals surface area contributed by atoms with Crippen molar-refractivity contribution in [1.82, 2.24) is 4.98 Å². The molecule has 1 aromatic heterocycles. The van der Waals surface area contributed by atoms with Gasteiger partial charge in [0.2, 0.25) is 0 Å². The zero-order valence-corrected chi connectivity index (χ0v) is 19.3. The molecule has 0 spiro atoms. The molecule has 0 fully saturated rings. The molecule has 2 aromatic carbocycles. The van der Waals surface area contributed by atoms with E-state index < -0.39 is 0 Å². The number of methoxy groups -OCH3 is 1. The number of nitrogens with zero attached hydrogens (tertiary/aromatic N) is 1. The predicted octanol–water partition coefficient (Wildman–Crippen LogP) is 7.21. The van der Waals surface area contributed by atoms with Gasteiger partial charge in [0.15, 0.2) is 10.9 Å². The third-order valence-corrected chi connectivity index (χ3v) is 6.07. The molecular formula is C22H24Cl2N2O3S. The van der Waals surface area contributed by atoms with Gasteiger partial charge in [0.25, 0.3) is 5.91 Å². The second-order valence-corrected chi connectivity index (χ2v) is 8.68. The number of hydrogen-bond donors (Lipinski definition) is 1. The van der Waals surface area contributed by atoms with E-state index in [0.29, 0.717) is 33.1 Å². The maximum Gasteiger partial charge on any atom is 0.257 e. The second-order valence-electron chi connectivity index (χ2n) is 6.84. The molecule has 1 heterocycles. The standard InChI is InChI=1S/C22H24Cl2N2O3S/c1-3-4-5-6-7-10-29-20-16(23)11-14(12-17(20)24)21(27)26-22-25-18-9-8-15(28-2)13-19(18)30-22/h8-9,11-13H,3-7,10H2,1-2H3,(H,25,26,27). The first-order valence-electron chi connectivity index (χ1n) is 9.89. The van der Waals surface area contributed by atoms with Crippen LogP contribution >= 0.6 is 34.5 Å². The minimum Gasteiger partial charge on any atom is -0.497 e. The van der Waals surface area contributed by atoms with E-state index in [2.05, 4.69) is 17.2 Å². The molecule has 0 aliphatic carbocycles. The number of thiazole rings is 1. The van der Waals surface area contributed by atoms with Gasteiger partial charge in [0, 0.05) is 5.56 Å². The Balaban J connectivity index is 1.64. The van der Waals surface area contributed by atoms with Crippen molar-refractivity contribution in [2.24, 2.45) is 0 Å². The molecule has 3 aromatic rings. The Hall–Kier alpha value is -2.02. The number of nitrogens with one attached hydrogen (secondary N) is 1. The van der Waals surface area contributed by atoms with Gasteiger partial charge in [-0.25, -0.2) is 4.98 Å². The quantitative estimate of drug-likeness (QED) is 0.320. The van der Waals surface area contributed by atoms with Gasteiger partial charge in [-0.3, -0.25) is 10.1 Å². The summed E-state index contributed by atoms with van der Waals surface area (Å²) in [6, 6.07) is 8.68. The Labute approximate surface area is 190 Å². The molecule has 1 amide bonds. The van der Waals surface area contributed by atoms with Crippen molar-refractivity contribution >= 4 is 55.8 Å². The second kappa shape index (κ2) is 10.8. The summed E-state index contributed by atoms with van der Waals surface area (Å²) in [6.07, 6.45) is 5.68. The van der Waals surface area contributed by atoms with Crippen LogP contribution in [-0.4, -0.2) is 24.6 Å². The van der Waals surface area contributed by atoms with E-state index in [0.717, 1.165) is 28.8 Å². The number of rotatable bonds is 10. The fourth-order valence-corrected chi connectivity index (χ4v) is 4.45. The maximum absolute atomic E-state index is 12.7. The summed E-state index contributed by atoms with van der Waals surface area (Å²) < 4.78 is 11.9. The molecule has 8 heteroatoms. The highest BCUT2D eigenvalue weighted by Crippen LogP contribution is 2.35. The molecule has 0 bridgehead atoms. The third-order valence-electron chi connectivity index (χ3n) is 4.57. The number of carbonyl (C=O) groups is 1. The smallest absolute Gasteiger partial charge is 0.257 e. The lowest BCUT2D eigenvalue weighted by atomic mass is 10.2. The molecule has 30 heavy (non-hydrogen) atoms. The fraction of sp³-hybridized carbons (Fsp3) is 0.364. The molecule has 0 unspecified atom stereocenters. The van der Waals surface area contributed by atoms with Gasteiger partial charge < -0.3 is 9.47 Å². The summed E-state index contributed by atoms with van der Waals surface area (Å²) >= 11 is 14.0. The number of benzene rings is 2. The minimum atomic E-state index is -0.337. The molecule has 0 saturated carbocycles. The molecule has 160 valence electrons. The van der Waals surface area contributed by atoms with E-state index in [1.807, 2.05) is 18.2 Å². The lowest BCUT2D eigenvalue weighted by Crippen LogP contribution is -2.12. The van der Waals surface area contributed by atoms with Crippen LogP contribution < -0.4 is 14.8 Å². The molecule has 1 N–H and O–H groups in total. The summed E-state index contributed by atoms with van der Waals surface area (Å²) in [6.45, 7) is 2.73. The van der Waals surface area contributed by atoms with Gasteiger partial charge in [0.05, 0.1) is 34.0 Å². The summed E-state index contributed by atoms with van der Waals surface area (Å²) in [5.74, 6) is 0.817. The zero-order valence-electron chi connectivity index (χ0n) is 17.0. The van der Waals surface area contributed by atoms with Crippen LogP contribution in [0, 0.1) is 0 Å². The van der Waals surface area contributed by atoms with Gasteiger partial charge in [0.1, 0.15) is 5.75 Å². The Morgan fingerprint density at radius 2 is 1.83 bits per heavy atom. The summed E-state index contributed by atoms with van der Waals surface area (Å²) in [5, 5.41) is 3.92. The maximum atomic E-state index is 12.7. The van der Waals surface area contributed by atoms with E-state index >= 15 is 0 Å². The third kappa shape index (κ3) is 5.78. The molecule has 0 atom stereocenters. The van der Waals surface area contributed by atoms with Gasteiger partial charge in [-0.05, 0) is 36.8 Å². The van der Waals surface area contributed by atoms with Crippen molar-refractivity contribution in [3.05, 3.63) is 45.9 Å². The van der Waals surface area contributed by atoms with E-state index in [1.54, 1.807) is 19.2 Å². The van der Waals surface area contributed by atoms with Crippen LogP contribution in [0.2, 0.25) is 10.0 Å². The summed E-state index contributed by atoms with van der Waals surface area (Å²) in [4.78, 5) is 17.1. The largest absolute Gasteiger partial charge is 0.497 e. The first-order valence-corrected chi connectivity index (χ1v) is 11.5. The molecule has 0 aliphatic heterocycles. The van der Waals surface area contributed by atoms with Crippen molar-refractivity contribution in [3.8, 4) is 11.5 Å². The number of ether oxygens (including phenoxy) is 2. The van der Waals surface area contributed by atoms with Crippen LogP contribution in [0.1, 0.15) is 49.4 Å². The number of aromatic nitrogens is 1. The molecule has 5 nitrogen and oxygen atoms in total. The van der Waals surface area contributed by atoms with Crippen molar-refractivity contribution in [1.29, 1.82) is 0 Å². The SMILES string of the molecule is CCCCCCCOc1c(Cl)cc(C(=O)Nc2nc3ccc(OC)cc3s2)cc1Cl. The molecule has 3 rings (SSSR count). The summed E-state index contributed by atoms with van der Waals surface area (Å²) in [7, 11) is 1.61. The molecule has 0 saturated heterocycles. The van der Waals surface area contributed by atoms with Crippen LogP contribution in [0.5, 0.6) is 11.5 Å². The lowest BCUT2D eigenvalue weighted by molar-refractivity contribution is 0.102. The average Bonchev–Trinajstić information content (AvgIpc) is 3.13. The van der Waals surface area contributed by atoms with E-state index in [1.165, 1.54) is 30.6 Å². The van der Waals surface area contributed by atoms with Crippen LogP contribution in [-0.2, 0) is 0 Å². The molecular weight excluding hydrogens is 443 g/mol. The van der Waals surface area contributed by atoms with Crippen molar-refractivity contribution in [3.63, 3.8) is 0 Å². The normalized spacial score (nSPS) is 10.9. The average molecular weight is 467 g/mol. The van der Waals surface area contributed by atoms with Gasteiger partial charge in [-0.15, -0.1) is 0 Å². The Morgan fingerprint density at radius 1 is 1.10 bits per heavy atom. The minimum absolute atomic E-state index is 0.315. The highest BCUT2D eigenvalue weighted by atomic mass is 35.5. The van der Waals surface area contributed by atoms with Crippen molar-refractivity contribution in [2.45, 2.75) is 39.0 Å². The first kappa shape index (κ1) is 22.7. The summed E-state index contributed by atoms with van der Waals surface area (Å²) in [5.41, 5.74) is 1.13. The predicted molar refractivity (Wildman–Crippen MR) is 125 cm³/mol.